The summed E-state index contributed by atoms with van der Waals surface area (Å²) in [6.45, 7) is 0. The van der Waals surface area contributed by atoms with Gasteiger partial charge in [-0.1, -0.05) is 0 Å². The molecular formula is C12H10F4O. The maximum absolute atomic E-state index is 13.3. The van der Waals surface area contributed by atoms with Crippen molar-refractivity contribution in [3.8, 4) is 0 Å². The third-order valence-electron chi connectivity index (χ3n) is 2.90. The van der Waals surface area contributed by atoms with Crippen molar-refractivity contribution in [3.63, 3.8) is 0 Å². The maximum Gasteiger partial charge on any atom is 0.419 e. The fraction of sp³-hybridized carbons (Fsp3) is 0.417. The third-order valence-corrected chi connectivity index (χ3v) is 2.90. The molecule has 0 unspecified atom stereocenters. The molecule has 0 spiro atoms. The van der Waals surface area contributed by atoms with E-state index in [0.29, 0.717) is 30.9 Å². The first kappa shape index (κ1) is 12.1. The van der Waals surface area contributed by atoms with Crippen molar-refractivity contribution in [1.82, 2.24) is 0 Å². The number of hydrogen-bond acceptors (Lipinski definition) is 1. The van der Waals surface area contributed by atoms with Crippen molar-refractivity contribution in [2.75, 3.05) is 0 Å². The smallest absolute Gasteiger partial charge is 0.294 e. The molecule has 1 aromatic carbocycles. The number of fused-ring (bicyclic) bond motifs is 1. The van der Waals surface area contributed by atoms with Crippen LogP contribution in [0.5, 0.6) is 0 Å². The van der Waals surface area contributed by atoms with E-state index >= 15 is 0 Å². The second-order valence-corrected chi connectivity index (χ2v) is 4.12. The topological polar surface area (TPSA) is 17.1 Å². The van der Waals surface area contributed by atoms with Gasteiger partial charge >= 0.3 is 6.18 Å². The van der Waals surface area contributed by atoms with Crippen LogP contribution in [-0.4, -0.2) is 5.78 Å². The van der Waals surface area contributed by atoms with Gasteiger partial charge in [-0.15, -0.1) is 0 Å². The summed E-state index contributed by atoms with van der Waals surface area (Å²) < 4.78 is 50.8. The summed E-state index contributed by atoms with van der Waals surface area (Å²) in [6.07, 6.45) is -2.74. The highest BCUT2D eigenvalue weighted by Gasteiger charge is 2.35. The standard InChI is InChI=1S/C12H10F4O/c13-10-5-7-3-1-2-4-11(17)8(7)6-9(10)12(14,15)16/h5-6H,1-4H2. The number of aryl methyl sites for hydroxylation is 1. The van der Waals surface area contributed by atoms with E-state index in [9.17, 15) is 22.4 Å². The number of ketones is 1. The number of hydrogen-bond donors (Lipinski definition) is 0. The van der Waals surface area contributed by atoms with Crippen LogP contribution in [-0.2, 0) is 12.6 Å². The van der Waals surface area contributed by atoms with Gasteiger partial charge in [-0.25, -0.2) is 4.39 Å². The molecule has 0 amide bonds. The summed E-state index contributed by atoms with van der Waals surface area (Å²) >= 11 is 0. The lowest BCUT2D eigenvalue weighted by atomic mass is 9.98. The van der Waals surface area contributed by atoms with Crippen LogP contribution in [0.1, 0.15) is 40.7 Å². The highest BCUT2D eigenvalue weighted by atomic mass is 19.4. The van der Waals surface area contributed by atoms with Crippen LogP contribution in [0.4, 0.5) is 17.6 Å². The first-order valence-corrected chi connectivity index (χ1v) is 5.32. The van der Waals surface area contributed by atoms with Gasteiger partial charge < -0.3 is 0 Å². The molecule has 0 aliphatic heterocycles. The molecule has 92 valence electrons. The zero-order valence-electron chi connectivity index (χ0n) is 8.90. The number of carbonyl (C=O) groups is 1. The lowest BCUT2D eigenvalue weighted by Crippen LogP contribution is -2.12. The molecule has 1 aliphatic rings. The molecule has 0 N–H and O–H groups in total. The van der Waals surface area contributed by atoms with E-state index in [-0.39, 0.29) is 17.8 Å². The van der Waals surface area contributed by atoms with Gasteiger partial charge in [-0.05, 0) is 37.0 Å². The molecule has 17 heavy (non-hydrogen) atoms. The second kappa shape index (κ2) is 4.13. The predicted octanol–water partition coefficient (Wildman–Crippen LogP) is 3.75. The molecule has 0 fully saturated rings. The van der Waals surface area contributed by atoms with E-state index < -0.39 is 17.6 Å². The Bertz CT molecular complexity index is 462. The van der Waals surface area contributed by atoms with Crippen molar-refractivity contribution in [2.45, 2.75) is 31.9 Å². The molecule has 0 saturated carbocycles. The van der Waals surface area contributed by atoms with Gasteiger partial charge in [0.1, 0.15) is 5.82 Å². The van der Waals surface area contributed by atoms with E-state index in [1.807, 2.05) is 0 Å². The van der Waals surface area contributed by atoms with Gasteiger partial charge in [0, 0.05) is 12.0 Å². The largest absolute Gasteiger partial charge is 0.419 e. The predicted molar refractivity (Wildman–Crippen MR) is 53.3 cm³/mol. The molecule has 1 nitrogen and oxygen atoms in total. The fourth-order valence-corrected chi connectivity index (χ4v) is 2.03. The van der Waals surface area contributed by atoms with Crippen LogP contribution in [0, 0.1) is 5.82 Å². The number of halogens is 4. The summed E-state index contributed by atoms with van der Waals surface area (Å²) in [4.78, 5) is 11.6. The summed E-state index contributed by atoms with van der Waals surface area (Å²) in [7, 11) is 0. The molecule has 0 aromatic heterocycles. The summed E-state index contributed by atoms with van der Waals surface area (Å²) in [6, 6.07) is 1.50. The van der Waals surface area contributed by atoms with E-state index in [1.54, 1.807) is 0 Å². The second-order valence-electron chi connectivity index (χ2n) is 4.12. The summed E-state index contributed by atoms with van der Waals surface area (Å²) in [5.41, 5.74) is -0.944. The Labute approximate surface area is 95.4 Å². The van der Waals surface area contributed by atoms with Crippen LogP contribution in [0.3, 0.4) is 0 Å². The zero-order valence-corrected chi connectivity index (χ0v) is 8.90. The van der Waals surface area contributed by atoms with Gasteiger partial charge in [0.05, 0.1) is 5.56 Å². The molecule has 0 heterocycles. The number of Topliss-reactive ketones (excluding diaryl/α,β-unsaturated/α-hetero) is 1. The Hall–Kier alpha value is -1.39. The molecule has 0 bridgehead atoms. The number of rotatable bonds is 0. The third kappa shape index (κ3) is 2.33. The minimum Gasteiger partial charge on any atom is -0.294 e. The first-order chi connectivity index (χ1) is 7.89. The Morgan fingerprint density at radius 3 is 2.35 bits per heavy atom. The minimum atomic E-state index is -4.76. The van der Waals surface area contributed by atoms with Crippen LogP contribution in [0.25, 0.3) is 0 Å². The molecular weight excluding hydrogens is 236 g/mol. The zero-order chi connectivity index (χ0) is 12.6. The molecule has 1 aromatic rings. The average Bonchev–Trinajstić information content (AvgIpc) is 2.38. The first-order valence-electron chi connectivity index (χ1n) is 5.32. The number of alkyl halides is 3. The van der Waals surface area contributed by atoms with E-state index in [1.165, 1.54) is 0 Å². The van der Waals surface area contributed by atoms with Crippen LogP contribution in [0.2, 0.25) is 0 Å². The normalized spacial score (nSPS) is 16.6. The Morgan fingerprint density at radius 2 is 1.71 bits per heavy atom. The van der Waals surface area contributed by atoms with Gasteiger partial charge in [0.25, 0.3) is 0 Å². The van der Waals surface area contributed by atoms with Crippen molar-refractivity contribution in [2.24, 2.45) is 0 Å². The minimum absolute atomic E-state index is 0.0243. The SMILES string of the molecule is O=C1CCCCc2cc(F)c(C(F)(F)F)cc21. The highest BCUT2D eigenvalue weighted by molar-refractivity contribution is 5.98. The molecule has 5 heteroatoms. The Kier molecular flexibility index (Phi) is 2.93. The fourth-order valence-electron chi connectivity index (χ4n) is 2.03. The number of benzene rings is 1. The lowest BCUT2D eigenvalue weighted by molar-refractivity contribution is -0.140. The quantitative estimate of drug-likeness (QED) is 0.503. The van der Waals surface area contributed by atoms with Gasteiger partial charge in [-0.2, -0.15) is 13.2 Å². The van der Waals surface area contributed by atoms with Crippen molar-refractivity contribution >= 4 is 5.78 Å². The Morgan fingerprint density at radius 1 is 1.06 bits per heavy atom. The average molecular weight is 246 g/mol. The molecule has 0 radical (unpaired) electrons. The lowest BCUT2D eigenvalue weighted by Gasteiger charge is -2.12. The monoisotopic (exact) mass is 246 g/mol. The van der Waals surface area contributed by atoms with Crippen LogP contribution < -0.4 is 0 Å². The number of carbonyl (C=O) groups excluding carboxylic acids is 1. The van der Waals surface area contributed by atoms with E-state index in [4.69, 9.17) is 0 Å². The molecule has 1 aliphatic carbocycles. The highest BCUT2D eigenvalue weighted by Crippen LogP contribution is 2.34. The van der Waals surface area contributed by atoms with E-state index in [2.05, 4.69) is 0 Å². The van der Waals surface area contributed by atoms with Crippen LogP contribution >= 0.6 is 0 Å². The van der Waals surface area contributed by atoms with Gasteiger partial charge in [-0.3, -0.25) is 4.79 Å². The van der Waals surface area contributed by atoms with Gasteiger partial charge in [0.2, 0.25) is 0 Å². The summed E-state index contributed by atoms with van der Waals surface area (Å²) in [5, 5.41) is 0. The van der Waals surface area contributed by atoms with Crippen molar-refractivity contribution in [1.29, 1.82) is 0 Å². The van der Waals surface area contributed by atoms with Gasteiger partial charge in [0.15, 0.2) is 5.78 Å². The molecule has 0 saturated heterocycles. The molecule has 0 atom stereocenters. The maximum atomic E-state index is 13.3. The summed E-state index contributed by atoms with van der Waals surface area (Å²) in [5.74, 6) is -1.63. The van der Waals surface area contributed by atoms with Crippen LogP contribution in [0.15, 0.2) is 12.1 Å². The van der Waals surface area contributed by atoms with Crippen molar-refractivity contribution < 1.29 is 22.4 Å². The van der Waals surface area contributed by atoms with Crippen molar-refractivity contribution in [3.05, 3.63) is 34.6 Å². The van der Waals surface area contributed by atoms with E-state index in [0.717, 1.165) is 6.07 Å². The molecule has 2 rings (SSSR count). The Balaban J connectivity index is 2.57.